The number of sulfonamides is 1. The molecule has 1 aliphatic rings. The van der Waals surface area contributed by atoms with Crippen LogP contribution in [0.3, 0.4) is 0 Å². The second kappa shape index (κ2) is 7.05. The summed E-state index contributed by atoms with van der Waals surface area (Å²) in [6.07, 6.45) is 0.553. The average Bonchev–Trinajstić information content (AvgIpc) is 2.94. The van der Waals surface area contributed by atoms with Crippen molar-refractivity contribution < 1.29 is 22.3 Å². The number of ether oxygens (including phenoxy) is 1. The molecule has 1 amide bonds. The van der Waals surface area contributed by atoms with E-state index < -0.39 is 27.2 Å². The predicted octanol–water partition coefficient (Wildman–Crippen LogP) is 2.45. The van der Waals surface area contributed by atoms with Crippen molar-refractivity contribution in [2.24, 2.45) is 0 Å². The van der Waals surface area contributed by atoms with Gasteiger partial charge in [0, 0.05) is 13.2 Å². The van der Waals surface area contributed by atoms with Crippen LogP contribution in [0.25, 0.3) is 0 Å². The molecule has 0 saturated carbocycles. The molecule has 1 aliphatic heterocycles. The molecule has 0 radical (unpaired) electrons. The number of nitrogens with one attached hydrogen (secondary N) is 1. The summed E-state index contributed by atoms with van der Waals surface area (Å²) in [7, 11) is -4.05. The molecule has 0 aliphatic carbocycles. The Morgan fingerprint density at radius 1 is 1.31 bits per heavy atom. The first-order chi connectivity index (χ1) is 12.2. The maximum absolute atomic E-state index is 13.7. The lowest BCUT2D eigenvalue weighted by Gasteiger charge is -2.36. The Balaban J connectivity index is 1.97. The summed E-state index contributed by atoms with van der Waals surface area (Å²) in [5, 5.41) is 0.598. The highest BCUT2D eigenvalue weighted by Crippen LogP contribution is 2.36. The second-order valence-electron chi connectivity index (χ2n) is 6.25. The van der Waals surface area contributed by atoms with Gasteiger partial charge in [-0.25, -0.2) is 22.5 Å². The summed E-state index contributed by atoms with van der Waals surface area (Å²) in [5.74, 6) is -1.14. The van der Waals surface area contributed by atoms with Crippen molar-refractivity contribution >= 4 is 27.3 Å². The molecule has 0 unspecified atom stereocenters. The van der Waals surface area contributed by atoms with Crippen molar-refractivity contribution in [1.82, 2.24) is 9.71 Å². The Kier molecular flexibility index (Phi) is 5.14. The Hall–Kier alpha value is -1.84. The van der Waals surface area contributed by atoms with Gasteiger partial charge >= 0.3 is 0 Å². The van der Waals surface area contributed by atoms with Crippen LogP contribution in [0, 0.1) is 19.7 Å². The minimum absolute atomic E-state index is 0.0183. The first-order valence-electron chi connectivity index (χ1n) is 8.10. The number of carbonyl (C=O) groups excluding carboxylic acids is 1. The van der Waals surface area contributed by atoms with Gasteiger partial charge < -0.3 is 4.74 Å². The summed E-state index contributed by atoms with van der Waals surface area (Å²) in [4.78, 5) is 17.2. The average molecular weight is 398 g/mol. The number of thiazole rings is 1. The molecule has 2 aromatic rings. The molecule has 1 aromatic carbocycles. The molecule has 9 heteroatoms. The standard InChI is InChI=1S/C17H19FN2O4S2/c1-11-15(25-12(2)19-11)26(22,23)20-16(21)17(6-8-24-9-7-17)13-4-3-5-14(18)10-13/h3-5,10H,6-9H2,1-2H3,(H,20,21). The molecule has 1 N–H and O–H groups in total. The highest BCUT2D eigenvalue weighted by Gasteiger charge is 2.44. The Morgan fingerprint density at radius 2 is 2.00 bits per heavy atom. The van der Waals surface area contributed by atoms with Gasteiger partial charge in [-0.15, -0.1) is 11.3 Å². The van der Waals surface area contributed by atoms with E-state index >= 15 is 0 Å². The van der Waals surface area contributed by atoms with E-state index in [0.717, 1.165) is 11.3 Å². The number of aryl methyl sites for hydroxylation is 2. The molecule has 6 nitrogen and oxygen atoms in total. The SMILES string of the molecule is Cc1nc(C)c(S(=O)(=O)NC(=O)C2(c3cccc(F)c3)CCOCC2)s1. The van der Waals surface area contributed by atoms with E-state index in [0.29, 0.717) is 29.5 Å². The van der Waals surface area contributed by atoms with Gasteiger partial charge in [-0.2, -0.15) is 0 Å². The van der Waals surface area contributed by atoms with Crippen molar-refractivity contribution in [3.63, 3.8) is 0 Å². The third-order valence-corrected chi connectivity index (χ3v) is 7.50. The van der Waals surface area contributed by atoms with Crippen molar-refractivity contribution in [3.05, 3.63) is 46.3 Å². The number of hydrogen-bond donors (Lipinski definition) is 1. The lowest BCUT2D eigenvalue weighted by Crippen LogP contribution is -2.49. The molecule has 2 heterocycles. The third kappa shape index (κ3) is 3.51. The third-order valence-electron chi connectivity index (χ3n) is 4.49. The van der Waals surface area contributed by atoms with Crippen molar-refractivity contribution in [1.29, 1.82) is 0 Å². The minimum Gasteiger partial charge on any atom is -0.381 e. The van der Waals surface area contributed by atoms with E-state index in [1.165, 1.54) is 18.2 Å². The van der Waals surface area contributed by atoms with E-state index in [1.54, 1.807) is 19.9 Å². The normalized spacial score (nSPS) is 17.0. The number of halogens is 1. The summed E-state index contributed by atoms with van der Waals surface area (Å²) >= 11 is 1.01. The molecule has 3 rings (SSSR count). The maximum Gasteiger partial charge on any atom is 0.275 e. The van der Waals surface area contributed by atoms with Crippen LogP contribution in [0.15, 0.2) is 28.5 Å². The smallest absolute Gasteiger partial charge is 0.275 e. The number of amides is 1. The van der Waals surface area contributed by atoms with Gasteiger partial charge in [0.05, 0.1) is 16.1 Å². The number of carbonyl (C=O) groups is 1. The van der Waals surface area contributed by atoms with Crippen LogP contribution in [0.4, 0.5) is 4.39 Å². The quantitative estimate of drug-likeness (QED) is 0.855. The van der Waals surface area contributed by atoms with Gasteiger partial charge in [-0.05, 0) is 44.4 Å². The zero-order valence-corrected chi connectivity index (χ0v) is 16.0. The minimum atomic E-state index is -4.05. The zero-order chi connectivity index (χ0) is 18.9. The van der Waals surface area contributed by atoms with E-state index in [4.69, 9.17) is 4.74 Å². The van der Waals surface area contributed by atoms with E-state index in [2.05, 4.69) is 9.71 Å². The number of aromatic nitrogens is 1. The van der Waals surface area contributed by atoms with Gasteiger partial charge in [0.15, 0.2) is 4.21 Å². The molecular formula is C17H19FN2O4S2. The van der Waals surface area contributed by atoms with Crippen LogP contribution >= 0.6 is 11.3 Å². The number of nitrogens with zero attached hydrogens (tertiary/aromatic N) is 1. The Morgan fingerprint density at radius 3 is 2.58 bits per heavy atom. The van der Waals surface area contributed by atoms with Crippen LogP contribution < -0.4 is 4.72 Å². The summed E-state index contributed by atoms with van der Waals surface area (Å²) < 4.78 is 46.6. The van der Waals surface area contributed by atoms with Crippen molar-refractivity contribution in [2.45, 2.75) is 36.3 Å². The topological polar surface area (TPSA) is 85.4 Å². The summed E-state index contributed by atoms with van der Waals surface area (Å²) in [5.41, 5.74) is -0.355. The molecule has 1 fully saturated rings. The lowest BCUT2D eigenvalue weighted by atomic mass is 9.73. The van der Waals surface area contributed by atoms with E-state index in [9.17, 15) is 17.6 Å². The van der Waals surface area contributed by atoms with Gasteiger partial charge in [0.25, 0.3) is 10.0 Å². The van der Waals surface area contributed by atoms with Crippen LogP contribution in [-0.4, -0.2) is 32.5 Å². The van der Waals surface area contributed by atoms with Crippen molar-refractivity contribution in [2.75, 3.05) is 13.2 Å². The van der Waals surface area contributed by atoms with Gasteiger partial charge in [0.1, 0.15) is 5.82 Å². The maximum atomic E-state index is 13.7. The second-order valence-corrected chi connectivity index (χ2v) is 9.33. The molecule has 1 aromatic heterocycles. The molecule has 0 atom stereocenters. The number of hydrogen-bond acceptors (Lipinski definition) is 6. The van der Waals surface area contributed by atoms with Gasteiger partial charge in [0.2, 0.25) is 5.91 Å². The van der Waals surface area contributed by atoms with E-state index in [1.807, 2.05) is 0 Å². The fourth-order valence-corrected chi connectivity index (χ4v) is 5.72. The summed E-state index contributed by atoms with van der Waals surface area (Å²) in [6.45, 7) is 3.87. The highest BCUT2D eigenvalue weighted by atomic mass is 32.2. The molecule has 140 valence electrons. The monoisotopic (exact) mass is 398 g/mol. The van der Waals surface area contributed by atoms with Crippen molar-refractivity contribution in [3.8, 4) is 0 Å². The molecule has 0 spiro atoms. The fraction of sp³-hybridized carbons (Fsp3) is 0.412. The molecule has 1 saturated heterocycles. The summed E-state index contributed by atoms with van der Waals surface area (Å²) in [6, 6.07) is 5.72. The largest absolute Gasteiger partial charge is 0.381 e. The van der Waals surface area contributed by atoms with Gasteiger partial charge in [-0.3, -0.25) is 4.79 Å². The Labute approximate surface area is 155 Å². The lowest BCUT2D eigenvalue weighted by molar-refractivity contribution is -0.128. The van der Waals surface area contributed by atoms with E-state index in [-0.39, 0.29) is 17.1 Å². The van der Waals surface area contributed by atoms with Gasteiger partial charge in [-0.1, -0.05) is 12.1 Å². The highest BCUT2D eigenvalue weighted by molar-refractivity contribution is 7.92. The van der Waals surface area contributed by atoms with Crippen LogP contribution in [0.5, 0.6) is 0 Å². The first-order valence-corrected chi connectivity index (χ1v) is 10.4. The van der Waals surface area contributed by atoms with Crippen LogP contribution in [-0.2, 0) is 25.0 Å². The molecule has 26 heavy (non-hydrogen) atoms. The van der Waals surface area contributed by atoms with Crippen LogP contribution in [0.1, 0.15) is 29.1 Å². The fourth-order valence-electron chi connectivity index (χ4n) is 3.18. The first kappa shape index (κ1) is 18.9. The zero-order valence-electron chi connectivity index (χ0n) is 14.4. The molecule has 0 bridgehead atoms. The number of rotatable bonds is 4. The predicted molar refractivity (Wildman–Crippen MR) is 95.0 cm³/mol. The Bertz CT molecular complexity index is 934. The van der Waals surface area contributed by atoms with Crippen LogP contribution in [0.2, 0.25) is 0 Å². The number of benzene rings is 1. The molecular weight excluding hydrogens is 379 g/mol.